The van der Waals surface area contributed by atoms with E-state index in [2.05, 4.69) is 43.4 Å². The molecular weight excluding hydrogens is 254 g/mol. The topological polar surface area (TPSA) is 12.0 Å². The van der Waals surface area contributed by atoms with Crippen LogP contribution in [0.5, 0.6) is 0 Å². The molecule has 1 nitrogen and oxygen atoms in total. The summed E-state index contributed by atoms with van der Waals surface area (Å²) >= 11 is 0. The van der Waals surface area contributed by atoms with Crippen molar-refractivity contribution in [2.75, 3.05) is 13.1 Å². The van der Waals surface area contributed by atoms with E-state index in [0.29, 0.717) is 5.41 Å². The summed E-state index contributed by atoms with van der Waals surface area (Å²) in [6.07, 6.45) is 9.55. The van der Waals surface area contributed by atoms with Crippen LogP contribution in [-0.4, -0.2) is 13.1 Å². The van der Waals surface area contributed by atoms with Crippen molar-refractivity contribution in [3.05, 3.63) is 35.4 Å². The Balaban J connectivity index is 1.67. The van der Waals surface area contributed by atoms with Gasteiger partial charge in [-0.15, -0.1) is 0 Å². The maximum Gasteiger partial charge on any atom is -0.00173 e. The molecule has 0 spiro atoms. The Kier molecular flexibility index (Phi) is 4.69. The first-order valence-corrected chi connectivity index (χ1v) is 8.92. The molecule has 0 radical (unpaired) electrons. The fourth-order valence-corrected chi connectivity index (χ4v) is 4.39. The lowest BCUT2D eigenvalue weighted by Gasteiger charge is -2.35. The molecule has 2 fully saturated rings. The summed E-state index contributed by atoms with van der Waals surface area (Å²) in [6, 6.07) is 9.52. The number of hydrogen-bond donors (Lipinski definition) is 1. The highest BCUT2D eigenvalue weighted by Gasteiger charge is 2.28. The normalized spacial score (nSPS) is 29.2. The summed E-state index contributed by atoms with van der Waals surface area (Å²) in [5, 5.41) is 3.54. The minimum absolute atomic E-state index is 0.534. The Bertz CT molecular complexity index is 457. The lowest BCUT2D eigenvalue weighted by atomic mass is 9.70. The van der Waals surface area contributed by atoms with Crippen molar-refractivity contribution in [2.45, 2.75) is 64.7 Å². The zero-order valence-electron chi connectivity index (χ0n) is 13.8. The van der Waals surface area contributed by atoms with Crippen LogP contribution in [-0.2, 0) is 6.42 Å². The molecule has 1 aliphatic carbocycles. The molecule has 2 aliphatic rings. The van der Waals surface area contributed by atoms with Crippen molar-refractivity contribution < 1.29 is 0 Å². The van der Waals surface area contributed by atoms with Crippen LogP contribution in [0.25, 0.3) is 0 Å². The van der Waals surface area contributed by atoms with Crippen molar-refractivity contribution in [3.8, 4) is 0 Å². The highest BCUT2D eigenvalue weighted by atomic mass is 14.9. The van der Waals surface area contributed by atoms with Crippen molar-refractivity contribution in [2.24, 2.45) is 11.3 Å². The molecular formula is C20H31N. The van der Waals surface area contributed by atoms with Crippen LogP contribution >= 0.6 is 0 Å². The first-order chi connectivity index (χ1) is 10.1. The van der Waals surface area contributed by atoms with Gasteiger partial charge >= 0.3 is 0 Å². The lowest BCUT2D eigenvalue weighted by molar-refractivity contribution is 0.219. The van der Waals surface area contributed by atoms with Crippen molar-refractivity contribution in [3.63, 3.8) is 0 Å². The van der Waals surface area contributed by atoms with Crippen molar-refractivity contribution >= 4 is 0 Å². The number of benzene rings is 1. The molecule has 3 rings (SSSR count). The Hall–Kier alpha value is -0.820. The van der Waals surface area contributed by atoms with Crippen LogP contribution in [0, 0.1) is 11.3 Å². The second-order valence-electron chi connectivity index (χ2n) is 8.12. The van der Waals surface area contributed by atoms with Crippen LogP contribution < -0.4 is 5.32 Å². The first kappa shape index (κ1) is 15.1. The van der Waals surface area contributed by atoms with Gasteiger partial charge in [0.2, 0.25) is 0 Å². The Morgan fingerprint density at radius 1 is 1.19 bits per heavy atom. The maximum absolute atomic E-state index is 3.54. The van der Waals surface area contributed by atoms with E-state index in [-0.39, 0.29) is 0 Å². The molecule has 1 heterocycles. The van der Waals surface area contributed by atoms with E-state index in [1.165, 1.54) is 58.0 Å². The Morgan fingerprint density at radius 3 is 2.86 bits per heavy atom. The predicted molar refractivity (Wildman–Crippen MR) is 90.7 cm³/mol. The fraction of sp³-hybridized carbons (Fsp3) is 0.700. The van der Waals surface area contributed by atoms with Gasteiger partial charge in [-0.05, 0) is 80.0 Å². The molecule has 21 heavy (non-hydrogen) atoms. The number of nitrogens with one attached hydrogen (secondary N) is 1. The van der Waals surface area contributed by atoms with Gasteiger partial charge in [-0.1, -0.05) is 44.5 Å². The van der Waals surface area contributed by atoms with E-state index in [0.717, 1.165) is 11.8 Å². The molecule has 1 aliphatic heterocycles. The largest absolute Gasteiger partial charge is 0.316 e. The SMILES string of the molecule is CC1(C)CCCC(c2cccc(CC3CCCNC3)c2)C1. The standard InChI is InChI=1S/C20H31N/c1-20(2)10-4-9-19(14-20)18-8-3-6-16(13-18)12-17-7-5-11-21-15-17/h3,6,8,13,17,19,21H,4-5,7,9-12,14-15H2,1-2H3. The minimum atomic E-state index is 0.534. The second-order valence-corrected chi connectivity index (χ2v) is 8.12. The van der Waals surface area contributed by atoms with E-state index >= 15 is 0 Å². The third-order valence-corrected chi connectivity index (χ3v) is 5.55. The Morgan fingerprint density at radius 2 is 2.10 bits per heavy atom. The first-order valence-electron chi connectivity index (χ1n) is 8.92. The van der Waals surface area contributed by atoms with Crippen LogP contribution in [0.1, 0.15) is 69.4 Å². The third-order valence-electron chi connectivity index (χ3n) is 5.55. The number of piperidine rings is 1. The minimum Gasteiger partial charge on any atom is -0.316 e. The van der Waals surface area contributed by atoms with Crippen LogP contribution in [0.4, 0.5) is 0 Å². The molecule has 2 unspecified atom stereocenters. The summed E-state index contributed by atoms with van der Waals surface area (Å²) in [5.41, 5.74) is 3.69. The van der Waals surface area contributed by atoms with Gasteiger partial charge in [-0.25, -0.2) is 0 Å². The molecule has 1 aromatic carbocycles. The smallest absolute Gasteiger partial charge is 0.00173 e. The summed E-state index contributed by atoms with van der Waals surface area (Å²) in [6.45, 7) is 7.31. The van der Waals surface area contributed by atoms with Gasteiger partial charge in [0.15, 0.2) is 0 Å². The monoisotopic (exact) mass is 285 g/mol. The molecule has 2 atom stereocenters. The van der Waals surface area contributed by atoms with Gasteiger partial charge in [-0.3, -0.25) is 0 Å². The highest BCUT2D eigenvalue weighted by Crippen LogP contribution is 2.43. The van der Waals surface area contributed by atoms with Crippen molar-refractivity contribution in [1.29, 1.82) is 0 Å². The summed E-state index contributed by atoms with van der Waals surface area (Å²) < 4.78 is 0. The highest BCUT2D eigenvalue weighted by molar-refractivity contribution is 5.27. The zero-order chi connectivity index (χ0) is 14.7. The van der Waals surface area contributed by atoms with E-state index in [1.54, 1.807) is 11.1 Å². The van der Waals surface area contributed by atoms with E-state index < -0.39 is 0 Å². The van der Waals surface area contributed by atoms with E-state index in [1.807, 2.05) is 0 Å². The average Bonchev–Trinajstić information content (AvgIpc) is 2.47. The van der Waals surface area contributed by atoms with E-state index in [4.69, 9.17) is 0 Å². The molecule has 1 saturated heterocycles. The average molecular weight is 285 g/mol. The second kappa shape index (κ2) is 6.52. The van der Waals surface area contributed by atoms with Gasteiger partial charge < -0.3 is 5.32 Å². The molecule has 0 amide bonds. The van der Waals surface area contributed by atoms with Gasteiger partial charge in [0.05, 0.1) is 0 Å². The summed E-state index contributed by atoms with van der Waals surface area (Å²) in [7, 11) is 0. The Labute approximate surface area is 130 Å². The molecule has 1 N–H and O–H groups in total. The van der Waals surface area contributed by atoms with Gasteiger partial charge in [0.25, 0.3) is 0 Å². The van der Waals surface area contributed by atoms with Crippen LogP contribution in [0.2, 0.25) is 0 Å². The lowest BCUT2D eigenvalue weighted by Crippen LogP contribution is -2.30. The zero-order valence-corrected chi connectivity index (χ0v) is 13.8. The van der Waals surface area contributed by atoms with Crippen molar-refractivity contribution in [1.82, 2.24) is 5.32 Å². The molecule has 0 bridgehead atoms. The third kappa shape index (κ3) is 4.10. The maximum atomic E-state index is 3.54. The molecule has 1 aromatic rings. The number of rotatable bonds is 3. The molecule has 1 heteroatoms. The number of hydrogen-bond acceptors (Lipinski definition) is 1. The molecule has 1 saturated carbocycles. The summed E-state index contributed by atoms with van der Waals surface area (Å²) in [4.78, 5) is 0. The predicted octanol–water partition coefficient (Wildman–Crippen LogP) is 4.91. The van der Waals surface area contributed by atoms with Crippen LogP contribution in [0.15, 0.2) is 24.3 Å². The van der Waals surface area contributed by atoms with E-state index in [9.17, 15) is 0 Å². The molecule has 116 valence electrons. The van der Waals surface area contributed by atoms with Gasteiger partial charge in [0.1, 0.15) is 0 Å². The molecule has 0 aromatic heterocycles. The fourth-order valence-electron chi connectivity index (χ4n) is 4.39. The van der Waals surface area contributed by atoms with Gasteiger partial charge in [0, 0.05) is 0 Å². The summed E-state index contributed by atoms with van der Waals surface area (Å²) in [5.74, 6) is 1.63. The quantitative estimate of drug-likeness (QED) is 0.832. The van der Waals surface area contributed by atoms with Gasteiger partial charge in [-0.2, -0.15) is 0 Å². The van der Waals surface area contributed by atoms with Crippen LogP contribution in [0.3, 0.4) is 0 Å².